The highest BCUT2D eigenvalue weighted by Gasteiger charge is 2.63. The van der Waals surface area contributed by atoms with Crippen molar-refractivity contribution < 1.29 is 37.1 Å². The molecule has 16 nitrogen and oxygen atoms in total. The summed E-state index contributed by atoms with van der Waals surface area (Å²) in [4.78, 5) is 68.2. The molecule has 342 valence electrons. The Balaban J connectivity index is 1.11. The van der Waals surface area contributed by atoms with E-state index in [0.717, 1.165) is 66.1 Å². The van der Waals surface area contributed by atoms with Crippen LogP contribution in [0.4, 0.5) is 4.79 Å². The van der Waals surface area contributed by atoms with E-state index in [4.69, 9.17) is 19.4 Å². The van der Waals surface area contributed by atoms with Crippen molar-refractivity contribution in [2.24, 2.45) is 5.92 Å². The van der Waals surface area contributed by atoms with Crippen LogP contribution >= 0.6 is 11.3 Å². The summed E-state index contributed by atoms with van der Waals surface area (Å²) in [6.45, 7) is 12.8. The third kappa shape index (κ3) is 9.49. The van der Waals surface area contributed by atoms with Crippen LogP contribution in [0.25, 0.3) is 21.6 Å². The van der Waals surface area contributed by atoms with Gasteiger partial charge in [-0.15, -0.1) is 11.3 Å². The third-order valence-electron chi connectivity index (χ3n) is 13.2. The lowest BCUT2D eigenvalue weighted by molar-refractivity contribution is -0.141. The molecular formula is C45H62N8O8S2. The van der Waals surface area contributed by atoms with Gasteiger partial charge >= 0.3 is 6.09 Å². The highest BCUT2D eigenvalue weighted by atomic mass is 32.2. The van der Waals surface area contributed by atoms with Crippen molar-refractivity contribution >= 4 is 56.2 Å². The molecule has 2 aliphatic carbocycles. The molecule has 5 aliphatic rings. The van der Waals surface area contributed by atoms with Gasteiger partial charge in [0.05, 0.1) is 22.5 Å². The lowest BCUT2D eigenvalue weighted by Gasteiger charge is -2.30. The van der Waals surface area contributed by atoms with Crippen LogP contribution in [0.15, 0.2) is 35.7 Å². The lowest BCUT2D eigenvalue weighted by Crippen LogP contribution is -2.58. The maximum atomic E-state index is 14.8. The molecule has 63 heavy (non-hydrogen) atoms. The molecule has 4 N–H and O–H groups in total. The highest BCUT2D eigenvalue weighted by Crippen LogP contribution is 2.48. The molecule has 0 bridgehead atoms. The molecular weight excluding hydrogens is 845 g/mol. The molecule has 3 aromatic rings. The van der Waals surface area contributed by atoms with Crippen LogP contribution in [-0.4, -0.2) is 105 Å². The maximum Gasteiger partial charge on any atom is 0.408 e. The molecule has 2 aromatic heterocycles. The second-order valence-electron chi connectivity index (χ2n) is 19.5. The largest absolute Gasteiger partial charge is 0.459 e. The monoisotopic (exact) mass is 906 g/mol. The summed E-state index contributed by atoms with van der Waals surface area (Å²) in [5, 5.41) is 12.2. The average Bonchev–Trinajstić information content (AvgIpc) is 3.89. The molecule has 5 heterocycles. The van der Waals surface area contributed by atoms with E-state index in [1.165, 1.54) is 4.90 Å². The number of amides is 4. The van der Waals surface area contributed by atoms with Gasteiger partial charge < -0.3 is 30.3 Å². The molecule has 8 rings (SSSR count). The topological polar surface area (TPSA) is 203 Å². The van der Waals surface area contributed by atoms with Crippen molar-refractivity contribution in [2.45, 2.75) is 158 Å². The Labute approximate surface area is 373 Å². The van der Waals surface area contributed by atoms with Crippen LogP contribution in [0.3, 0.4) is 0 Å². The van der Waals surface area contributed by atoms with Gasteiger partial charge in [0.2, 0.25) is 21.8 Å². The van der Waals surface area contributed by atoms with Crippen molar-refractivity contribution in [3.8, 4) is 16.6 Å². The van der Waals surface area contributed by atoms with Crippen LogP contribution < -0.4 is 25.4 Å². The number of imidazole rings is 1. The number of allylic oxidation sites excluding steroid dienone is 1. The van der Waals surface area contributed by atoms with Gasteiger partial charge in [0, 0.05) is 35.2 Å². The first-order valence-electron chi connectivity index (χ1n) is 22.6. The first-order chi connectivity index (χ1) is 29.9. The van der Waals surface area contributed by atoms with Gasteiger partial charge in [-0.1, -0.05) is 31.1 Å². The van der Waals surface area contributed by atoms with E-state index in [-0.39, 0.29) is 25.4 Å². The lowest BCUT2D eigenvalue weighted by atomic mass is 9.95. The Morgan fingerprint density at radius 2 is 1.81 bits per heavy atom. The zero-order chi connectivity index (χ0) is 44.9. The summed E-state index contributed by atoms with van der Waals surface area (Å²) in [6, 6.07) is 4.12. The van der Waals surface area contributed by atoms with Crippen molar-refractivity contribution in [2.75, 3.05) is 19.6 Å². The van der Waals surface area contributed by atoms with Gasteiger partial charge in [-0.05, 0) is 118 Å². The third-order valence-corrected chi connectivity index (χ3v) is 16.2. The van der Waals surface area contributed by atoms with Crippen molar-refractivity contribution in [3.63, 3.8) is 0 Å². The maximum absolute atomic E-state index is 14.8. The van der Waals surface area contributed by atoms with Crippen LogP contribution in [0.2, 0.25) is 0 Å². The number of aromatic nitrogens is 3. The van der Waals surface area contributed by atoms with E-state index >= 15 is 0 Å². The number of rotatable bonds is 9. The number of carbonyl (C=O) groups excluding carboxylic acids is 4. The quantitative estimate of drug-likeness (QED) is 0.188. The minimum Gasteiger partial charge on any atom is -0.459 e. The molecule has 2 saturated carbocycles. The molecule has 18 heteroatoms. The second-order valence-corrected chi connectivity index (χ2v) is 22.6. The summed E-state index contributed by atoms with van der Waals surface area (Å²) >= 11 is 1.60. The molecule has 4 fully saturated rings. The van der Waals surface area contributed by atoms with E-state index in [2.05, 4.69) is 26.1 Å². The Morgan fingerprint density at radius 1 is 1.05 bits per heavy atom. The number of piperidine rings is 1. The van der Waals surface area contributed by atoms with Gasteiger partial charge in [-0.25, -0.2) is 18.2 Å². The summed E-state index contributed by atoms with van der Waals surface area (Å²) in [6.07, 6.45) is 8.76. The summed E-state index contributed by atoms with van der Waals surface area (Å²) in [5.74, 6) is -1.93. The highest BCUT2D eigenvalue weighted by molar-refractivity contribution is 7.91. The van der Waals surface area contributed by atoms with E-state index in [1.807, 2.05) is 48.8 Å². The average molecular weight is 907 g/mol. The smallest absolute Gasteiger partial charge is 0.408 e. The number of alkyl carbamates (subject to hydrolysis) is 1. The number of hydrogen-bond acceptors (Lipinski definition) is 12. The van der Waals surface area contributed by atoms with E-state index < -0.39 is 73.8 Å². The fourth-order valence-electron chi connectivity index (χ4n) is 9.11. The Hall–Kier alpha value is -4.55. The SMILES string of the molecule is CC(C)n1c(O[C@@H]2C[C@H]3C(=O)N[C@]4(C(=O)NS(=O)(=O)C5(C)CC5)C[C@H]4/C=C\CCCCC[C@H](NC(=O)OC(C)(C)C)C(=O)N3C2)nc2c(-c3nc(C4CCNCC4)cs3)cccc21. The van der Waals surface area contributed by atoms with Gasteiger partial charge in [0.1, 0.15) is 39.9 Å². The van der Waals surface area contributed by atoms with E-state index in [0.29, 0.717) is 44.0 Å². The zero-order valence-electron chi connectivity index (χ0n) is 37.2. The van der Waals surface area contributed by atoms with Gasteiger partial charge in [0.15, 0.2) is 0 Å². The van der Waals surface area contributed by atoms with E-state index in [9.17, 15) is 27.6 Å². The molecule has 5 atom stereocenters. The van der Waals surface area contributed by atoms with Gasteiger partial charge in [-0.3, -0.25) is 23.7 Å². The number of hydrogen-bond donors (Lipinski definition) is 4. The molecule has 3 aliphatic heterocycles. The van der Waals surface area contributed by atoms with Crippen LogP contribution in [0.1, 0.15) is 130 Å². The second kappa shape index (κ2) is 17.4. The number of fused-ring (bicyclic) bond motifs is 3. The van der Waals surface area contributed by atoms with Crippen LogP contribution in [-0.2, 0) is 29.1 Å². The first-order valence-corrected chi connectivity index (χ1v) is 24.9. The predicted octanol–water partition coefficient (Wildman–Crippen LogP) is 5.84. The fraction of sp³-hybridized carbons (Fsp3) is 0.644. The van der Waals surface area contributed by atoms with Crippen molar-refractivity contribution in [1.29, 1.82) is 0 Å². The number of nitrogens with zero attached hydrogens (tertiary/aromatic N) is 4. The number of nitrogens with one attached hydrogen (secondary N) is 4. The van der Waals surface area contributed by atoms with Gasteiger partial charge in [-0.2, -0.15) is 4.98 Å². The Kier molecular flexibility index (Phi) is 12.5. The number of para-hydroxylation sites is 1. The molecule has 0 radical (unpaired) electrons. The summed E-state index contributed by atoms with van der Waals surface area (Å²) in [7, 11) is -4.01. The standard InChI is InChI=1S/C45H62N8O8S2/c1-27(2)53-34-16-12-14-31(38-47-33(26-62-38)28-17-21-46-22-18-28)36(34)49-41(53)60-30-23-35-37(54)50-45(40(56)51-63(58,59)44(6)19-20-44)24-29(45)13-10-8-7-9-11-15-32(39(55)52(35)25-30)48-42(57)61-43(3,4)5/h10,12-14,16,26-30,32,35,46H,7-9,11,15,17-25H2,1-6H3,(H,48,57)(H,50,54)(H,51,56)/b13-10-/t29-,30-,32+,35+,45-/m1/s1. The van der Waals surface area contributed by atoms with Crippen LogP contribution in [0.5, 0.6) is 6.01 Å². The number of sulfonamides is 1. The molecule has 1 aromatic carbocycles. The number of benzene rings is 1. The minimum absolute atomic E-state index is 0.0150. The molecule has 0 spiro atoms. The van der Waals surface area contributed by atoms with E-state index in [1.54, 1.807) is 39.0 Å². The number of carbonyl (C=O) groups is 4. The fourth-order valence-corrected chi connectivity index (χ4v) is 11.4. The summed E-state index contributed by atoms with van der Waals surface area (Å²) in [5.41, 5.74) is 1.23. The number of thiazole rings is 1. The zero-order valence-corrected chi connectivity index (χ0v) is 38.8. The minimum atomic E-state index is -4.01. The number of ether oxygens (including phenoxy) is 2. The molecule has 2 saturated heterocycles. The van der Waals surface area contributed by atoms with Gasteiger partial charge in [0.25, 0.3) is 11.9 Å². The predicted molar refractivity (Wildman–Crippen MR) is 240 cm³/mol. The Bertz CT molecular complexity index is 2380. The normalized spacial score (nSPS) is 27.4. The first kappa shape index (κ1) is 45.0. The Morgan fingerprint density at radius 3 is 2.52 bits per heavy atom. The van der Waals surface area contributed by atoms with Crippen molar-refractivity contribution in [3.05, 3.63) is 41.4 Å². The van der Waals surface area contributed by atoms with Crippen molar-refractivity contribution in [1.82, 2.24) is 40.1 Å². The van der Waals surface area contributed by atoms with Crippen LogP contribution in [0, 0.1) is 5.92 Å². The summed E-state index contributed by atoms with van der Waals surface area (Å²) < 4.78 is 42.2. The molecule has 4 amide bonds. The molecule has 0 unspecified atom stereocenters.